The minimum atomic E-state index is -0.172. The van der Waals surface area contributed by atoms with Crippen LogP contribution in [0.4, 0.5) is 10.5 Å². The second-order valence-corrected chi connectivity index (χ2v) is 9.13. The molecular formula is C23H36N6O2. The molecule has 4 rings (SSSR count). The Hall–Kier alpha value is -2.35. The van der Waals surface area contributed by atoms with E-state index < -0.39 is 0 Å². The monoisotopic (exact) mass is 428 g/mol. The van der Waals surface area contributed by atoms with Crippen molar-refractivity contribution in [2.45, 2.75) is 78.0 Å². The number of carbonyl (C=O) groups excluding carboxylic acids is 1. The summed E-state index contributed by atoms with van der Waals surface area (Å²) in [5.74, 6) is 1.10. The van der Waals surface area contributed by atoms with Crippen molar-refractivity contribution >= 4 is 22.9 Å². The second-order valence-electron chi connectivity index (χ2n) is 9.13. The van der Waals surface area contributed by atoms with E-state index in [0.717, 1.165) is 73.6 Å². The predicted octanol–water partition coefficient (Wildman–Crippen LogP) is 3.65. The lowest BCUT2D eigenvalue weighted by atomic mass is 10.0. The molecule has 0 bridgehead atoms. The van der Waals surface area contributed by atoms with Gasteiger partial charge in [-0.05, 0) is 59.1 Å². The number of rotatable bonds is 6. The summed E-state index contributed by atoms with van der Waals surface area (Å²) in [4.78, 5) is 24.1. The molecule has 8 heteroatoms. The van der Waals surface area contributed by atoms with E-state index in [4.69, 9.17) is 14.7 Å². The number of nitrogens with zero attached hydrogens (tertiary/aromatic N) is 4. The molecule has 1 atom stereocenters. The van der Waals surface area contributed by atoms with Crippen LogP contribution in [0.3, 0.4) is 0 Å². The van der Waals surface area contributed by atoms with Gasteiger partial charge >= 0.3 is 6.09 Å². The van der Waals surface area contributed by atoms with Crippen molar-refractivity contribution in [3.05, 3.63) is 17.6 Å². The van der Waals surface area contributed by atoms with E-state index in [1.54, 1.807) is 0 Å². The summed E-state index contributed by atoms with van der Waals surface area (Å²) in [5.41, 5.74) is 3.97. The van der Waals surface area contributed by atoms with Crippen molar-refractivity contribution in [3.63, 3.8) is 0 Å². The maximum absolute atomic E-state index is 12.4. The number of carbonyl (C=O) groups is 1. The van der Waals surface area contributed by atoms with Crippen LogP contribution in [0.15, 0.2) is 6.07 Å². The van der Waals surface area contributed by atoms with Crippen LogP contribution >= 0.6 is 0 Å². The molecule has 2 aromatic heterocycles. The SMILES string of the molecule is CCCc1nc2c(NC3CCN(C(=O)O[C@H]4CCNC4)CC3)cc(C)nc2n1C(C)C. The van der Waals surface area contributed by atoms with E-state index in [9.17, 15) is 4.79 Å². The fourth-order valence-corrected chi connectivity index (χ4v) is 4.66. The smallest absolute Gasteiger partial charge is 0.410 e. The lowest BCUT2D eigenvalue weighted by Gasteiger charge is -2.33. The minimum absolute atomic E-state index is 0.0183. The van der Waals surface area contributed by atoms with E-state index in [1.165, 1.54) is 0 Å². The van der Waals surface area contributed by atoms with Gasteiger partial charge in [0.15, 0.2) is 5.65 Å². The van der Waals surface area contributed by atoms with Crippen molar-refractivity contribution < 1.29 is 9.53 Å². The molecule has 0 aliphatic carbocycles. The molecule has 170 valence electrons. The van der Waals surface area contributed by atoms with Crippen LogP contribution in [0.5, 0.6) is 0 Å². The number of fused-ring (bicyclic) bond motifs is 1. The van der Waals surface area contributed by atoms with Crippen LogP contribution < -0.4 is 10.6 Å². The number of pyridine rings is 1. The average molecular weight is 429 g/mol. The van der Waals surface area contributed by atoms with Crippen molar-refractivity contribution in [3.8, 4) is 0 Å². The molecule has 4 heterocycles. The number of aromatic nitrogens is 3. The fourth-order valence-electron chi connectivity index (χ4n) is 4.66. The standard InChI is InChI=1S/C23H36N6O2/c1-5-6-20-27-21-19(13-16(4)25-22(21)29(20)15(2)3)26-17-8-11-28(12-9-17)23(30)31-18-7-10-24-14-18/h13,15,17-18,24H,5-12,14H2,1-4H3,(H,25,26)/t18-/m0/s1. The van der Waals surface area contributed by atoms with Gasteiger partial charge in [-0.2, -0.15) is 0 Å². The number of piperidine rings is 1. The van der Waals surface area contributed by atoms with Gasteiger partial charge in [-0.15, -0.1) is 0 Å². The number of amides is 1. The number of anilines is 1. The highest BCUT2D eigenvalue weighted by Gasteiger charge is 2.27. The molecular weight excluding hydrogens is 392 g/mol. The molecule has 0 radical (unpaired) electrons. The molecule has 0 unspecified atom stereocenters. The van der Waals surface area contributed by atoms with E-state index in [0.29, 0.717) is 25.2 Å². The normalized spacial score (nSPS) is 20.0. The molecule has 2 aliphatic heterocycles. The topological polar surface area (TPSA) is 84.3 Å². The Bertz CT molecular complexity index is 910. The van der Waals surface area contributed by atoms with Crippen molar-refractivity contribution in [1.29, 1.82) is 0 Å². The fraction of sp³-hybridized carbons (Fsp3) is 0.696. The maximum Gasteiger partial charge on any atom is 0.410 e. The Morgan fingerprint density at radius 1 is 1.29 bits per heavy atom. The van der Waals surface area contributed by atoms with Crippen molar-refractivity contribution in [1.82, 2.24) is 24.8 Å². The molecule has 2 aromatic rings. The number of imidazole rings is 1. The van der Waals surface area contributed by atoms with Crippen LogP contribution in [0.2, 0.25) is 0 Å². The largest absolute Gasteiger partial charge is 0.445 e. The van der Waals surface area contributed by atoms with E-state index in [-0.39, 0.29) is 12.2 Å². The van der Waals surface area contributed by atoms with Gasteiger partial charge in [0.2, 0.25) is 0 Å². The summed E-state index contributed by atoms with van der Waals surface area (Å²) >= 11 is 0. The summed E-state index contributed by atoms with van der Waals surface area (Å²) in [5, 5.41) is 6.95. The molecule has 0 saturated carbocycles. The van der Waals surface area contributed by atoms with Crippen LogP contribution in [-0.2, 0) is 11.2 Å². The molecule has 2 saturated heterocycles. The number of ether oxygens (including phenoxy) is 1. The van der Waals surface area contributed by atoms with Gasteiger partial charge in [0.25, 0.3) is 0 Å². The van der Waals surface area contributed by atoms with Crippen LogP contribution in [-0.4, -0.2) is 63.9 Å². The first-order chi connectivity index (χ1) is 15.0. The Kier molecular flexibility index (Phi) is 6.65. The number of likely N-dealkylation sites (tertiary alicyclic amines) is 1. The van der Waals surface area contributed by atoms with Gasteiger partial charge < -0.3 is 24.8 Å². The van der Waals surface area contributed by atoms with Gasteiger partial charge in [0.05, 0.1) is 5.69 Å². The summed E-state index contributed by atoms with van der Waals surface area (Å²) in [6.45, 7) is 11.7. The average Bonchev–Trinajstić information content (AvgIpc) is 3.36. The van der Waals surface area contributed by atoms with E-state index in [1.807, 2.05) is 11.8 Å². The van der Waals surface area contributed by atoms with Crippen LogP contribution in [0, 0.1) is 6.92 Å². The highest BCUT2D eigenvalue weighted by atomic mass is 16.6. The highest BCUT2D eigenvalue weighted by molar-refractivity contribution is 5.86. The lowest BCUT2D eigenvalue weighted by molar-refractivity contribution is 0.0641. The molecule has 2 N–H and O–H groups in total. The number of aryl methyl sites for hydroxylation is 2. The molecule has 0 spiro atoms. The summed E-state index contributed by atoms with van der Waals surface area (Å²) in [6, 6.07) is 2.72. The molecule has 8 nitrogen and oxygen atoms in total. The molecule has 0 aromatic carbocycles. The molecule has 2 aliphatic rings. The van der Waals surface area contributed by atoms with Gasteiger partial charge in [-0.3, -0.25) is 0 Å². The highest BCUT2D eigenvalue weighted by Crippen LogP contribution is 2.29. The molecule has 2 fully saturated rings. The number of hydrogen-bond acceptors (Lipinski definition) is 6. The third-order valence-electron chi connectivity index (χ3n) is 6.23. The van der Waals surface area contributed by atoms with E-state index in [2.05, 4.69) is 42.0 Å². The zero-order chi connectivity index (χ0) is 22.0. The Balaban J connectivity index is 1.45. The summed E-state index contributed by atoms with van der Waals surface area (Å²) in [6.07, 6.45) is 4.55. The summed E-state index contributed by atoms with van der Waals surface area (Å²) < 4.78 is 7.89. The third kappa shape index (κ3) is 4.79. The Labute approximate surface area is 184 Å². The van der Waals surface area contributed by atoms with E-state index >= 15 is 0 Å². The predicted molar refractivity (Wildman–Crippen MR) is 123 cm³/mol. The summed E-state index contributed by atoms with van der Waals surface area (Å²) in [7, 11) is 0. The molecule has 31 heavy (non-hydrogen) atoms. The van der Waals surface area contributed by atoms with Crippen LogP contribution in [0.1, 0.15) is 64.0 Å². The third-order valence-corrected chi connectivity index (χ3v) is 6.23. The van der Waals surface area contributed by atoms with Gasteiger partial charge in [-0.25, -0.2) is 14.8 Å². The lowest BCUT2D eigenvalue weighted by Crippen LogP contribution is -2.43. The van der Waals surface area contributed by atoms with Crippen LogP contribution in [0.25, 0.3) is 11.2 Å². The van der Waals surface area contributed by atoms with Crippen molar-refractivity contribution in [2.75, 3.05) is 31.5 Å². The first-order valence-electron chi connectivity index (χ1n) is 11.8. The quantitative estimate of drug-likeness (QED) is 0.731. The van der Waals surface area contributed by atoms with Crippen molar-refractivity contribution in [2.24, 2.45) is 0 Å². The Morgan fingerprint density at radius 2 is 2.06 bits per heavy atom. The number of nitrogens with one attached hydrogen (secondary N) is 2. The first kappa shape index (κ1) is 21.9. The number of hydrogen-bond donors (Lipinski definition) is 2. The van der Waals surface area contributed by atoms with Gasteiger partial charge in [-0.1, -0.05) is 6.92 Å². The van der Waals surface area contributed by atoms with Gasteiger partial charge in [0, 0.05) is 43.8 Å². The second kappa shape index (κ2) is 9.42. The maximum atomic E-state index is 12.4. The minimum Gasteiger partial charge on any atom is -0.445 e. The van der Waals surface area contributed by atoms with Gasteiger partial charge in [0.1, 0.15) is 17.4 Å². The molecule has 1 amide bonds. The zero-order valence-electron chi connectivity index (χ0n) is 19.3. The first-order valence-corrected chi connectivity index (χ1v) is 11.8. The Morgan fingerprint density at radius 3 is 2.71 bits per heavy atom. The zero-order valence-corrected chi connectivity index (χ0v) is 19.3.